The molecular weight excluding hydrogens is 453 g/mol. The normalized spacial score (nSPS) is 16.2. The Balaban J connectivity index is 1.36. The molecule has 2 heterocycles. The van der Waals surface area contributed by atoms with Crippen LogP contribution in [0.1, 0.15) is 18.3 Å². The summed E-state index contributed by atoms with van der Waals surface area (Å²) >= 11 is 7.17. The molecule has 168 valence electrons. The van der Waals surface area contributed by atoms with Crippen LogP contribution in [0.2, 0.25) is 5.02 Å². The number of carbonyl (C=O) groups is 1. The SMILES string of the molecule is COc1cccc(Cc2nsc(N3CCN(C(=O)Nc4ccc(F)c(Cl)c4)C(C)C3)n2)c1. The van der Waals surface area contributed by atoms with Gasteiger partial charge < -0.3 is 19.9 Å². The molecule has 0 aliphatic carbocycles. The zero-order chi connectivity index (χ0) is 22.7. The molecule has 1 N–H and O–H groups in total. The molecule has 0 radical (unpaired) electrons. The molecule has 2 aromatic carbocycles. The number of hydrogen-bond acceptors (Lipinski definition) is 6. The Morgan fingerprint density at radius 2 is 2.16 bits per heavy atom. The molecule has 1 aromatic heterocycles. The van der Waals surface area contributed by atoms with Gasteiger partial charge in [-0.15, -0.1) is 0 Å². The Morgan fingerprint density at radius 3 is 2.91 bits per heavy atom. The number of nitrogens with one attached hydrogen (secondary N) is 1. The number of anilines is 2. The summed E-state index contributed by atoms with van der Waals surface area (Å²) in [6, 6.07) is 11.7. The zero-order valence-corrected chi connectivity index (χ0v) is 19.3. The van der Waals surface area contributed by atoms with Gasteiger partial charge in [0, 0.05) is 49.3 Å². The van der Waals surface area contributed by atoms with Gasteiger partial charge in [0.25, 0.3) is 0 Å². The predicted octanol–water partition coefficient (Wildman–Crippen LogP) is 4.67. The van der Waals surface area contributed by atoms with Crippen LogP contribution in [0, 0.1) is 5.82 Å². The molecule has 3 aromatic rings. The molecule has 10 heteroatoms. The van der Waals surface area contributed by atoms with E-state index in [0.717, 1.165) is 22.3 Å². The van der Waals surface area contributed by atoms with Gasteiger partial charge in [-0.3, -0.25) is 0 Å². The highest BCUT2D eigenvalue weighted by atomic mass is 35.5. The van der Waals surface area contributed by atoms with Gasteiger partial charge in [0.15, 0.2) is 0 Å². The van der Waals surface area contributed by atoms with Crippen molar-refractivity contribution in [1.82, 2.24) is 14.3 Å². The number of hydrogen-bond donors (Lipinski definition) is 1. The highest BCUT2D eigenvalue weighted by molar-refractivity contribution is 7.09. The number of ether oxygens (including phenoxy) is 1. The van der Waals surface area contributed by atoms with Crippen LogP contribution < -0.4 is 15.0 Å². The largest absolute Gasteiger partial charge is 0.497 e. The molecule has 1 aliphatic rings. The Morgan fingerprint density at radius 1 is 1.31 bits per heavy atom. The summed E-state index contributed by atoms with van der Waals surface area (Å²) in [5, 5.41) is 3.61. The molecule has 1 fully saturated rings. The molecule has 0 bridgehead atoms. The van der Waals surface area contributed by atoms with E-state index < -0.39 is 5.82 Å². The van der Waals surface area contributed by atoms with Crippen molar-refractivity contribution >= 4 is 40.0 Å². The lowest BCUT2D eigenvalue weighted by molar-refractivity contribution is 0.185. The summed E-state index contributed by atoms with van der Waals surface area (Å²) in [4.78, 5) is 21.3. The fourth-order valence-electron chi connectivity index (χ4n) is 3.61. The smallest absolute Gasteiger partial charge is 0.322 e. The number of amides is 2. The van der Waals surface area contributed by atoms with E-state index in [-0.39, 0.29) is 17.1 Å². The lowest BCUT2D eigenvalue weighted by Crippen LogP contribution is -2.55. The second kappa shape index (κ2) is 9.70. The standard InChI is InChI=1S/C22H23ClFN5O2S/c1-14-13-28(8-9-29(14)21(30)25-16-6-7-19(24)18(23)12-16)22-26-20(27-32-22)11-15-4-3-5-17(10-15)31-2/h3-7,10,12,14H,8-9,11,13H2,1-2H3,(H,25,30). The van der Waals surface area contributed by atoms with Crippen LogP contribution >= 0.6 is 23.1 Å². The molecule has 7 nitrogen and oxygen atoms in total. The van der Waals surface area contributed by atoms with E-state index in [0.29, 0.717) is 31.7 Å². The topological polar surface area (TPSA) is 70.6 Å². The number of methoxy groups -OCH3 is 1. The van der Waals surface area contributed by atoms with Gasteiger partial charge in [-0.2, -0.15) is 4.37 Å². The van der Waals surface area contributed by atoms with Gasteiger partial charge in [0.05, 0.1) is 12.1 Å². The van der Waals surface area contributed by atoms with Gasteiger partial charge in [0.1, 0.15) is 17.4 Å². The summed E-state index contributed by atoms with van der Waals surface area (Å²) in [6.45, 7) is 3.81. The molecule has 0 saturated carbocycles. The van der Waals surface area contributed by atoms with Crippen LogP contribution in [-0.4, -0.2) is 53.1 Å². The lowest BCUT2D eigenvalue weighted by atomic mass is 10.1. The number of aromatic nitrogens is 2. The highest BCUT2D eigenvalue weighted by Gasteiger charge is 2.29. The van der Waals surface area contributed by atoms with Crippen LogP contribution in [0.15, 0.2) is 42.5 Å². The third-order valence-corrected chi connectivity index (χ3v) is 6.39. The van der Waals surface area contributed by atoms with E-state index in [1.807, 2.05) is 31.2 Å². The summed E-state index contributed by atoms with van der Waals surface area (Å²) < 4.78 is 23.1. The van der Waals surface area contributed by atoms with Gasteiger partial charge >= 0.3 is 6.03 Å². The first-order valence-electron chi connectivity index (χ1n) is 10.2. The summed E-state index contributed by atoms with van der Waals surface area (Å²) in [7, 11) is 1.65. The Bertz CT molecular complexity index is 1110. The zero-order valence-electron chi connectivity index (χ0n) is 17.7. The molecule has 1 unspecified atom stereocenters. The van der Waals surface area contributed by atoms with E-state index >= 15 is 0 Å². The minimum atomic E-state index is -0.519. The van der Waals surface area contributed by atoms with Gasteiger partial charge in [-0.1, -0.05) is 23.7 Å². The van der Waals surface area contributed by atoms with E-state index in [2.05, 4.69) is 14.6 Å². The first-order valence-corrected chi connectivity index (χ1v) is 11.3. The van der Waals surface area contributed by atoms with Crippen LogP contribution in [0.25, 0.3) is 0 Å². The van der Waals surface area contributed by atoms with E-state index in [9.17, 15) is 9.18 Å². The van der Waals surface area contributed by atoms with E-state index in [1.165, 1.54) is 29.7 Å². The Hall–Kier alpha value is -2.91. The highest BCUT2D eigenvalue weighted by Crippen LogP contribution is 2.24. The molecule has 1 aliphatic heterocycles. The van der Waals surface area contributed by atoms with Gasteiger partial charge in [0.2, 0.25) is 5.13 Å². The number of halogens is 2. The van der Waals surface area contributed by atoms with E-state index in [1.54, 1.807) is 12.0 Å². The average Bonchev–Trinajstić information content (AvgIpc) is 3.24. The third kappa shape index (κ3) is 5.11. The summed E-state index contributed by atoms with van der Waals surface area (Å²) in [5.41, 5.74) is 1.55. The average molecular weight is 476 g/mol. The van der Waals surface area contributed by atoms with Crippen molar-refractivity contribution in [2.24, 2.45) is 0 Å². The second-order valence-corrected chi connectivity index (χ2v) is 8.71. The van der Waals surface area contributed by atoms with Gasteiger partial charge in [-0.05, 0) is 42.8 Å². The maximum Gasteiger partial charge on any atom is 0.322 e. The van der Waals surface area contributed by atoms with Crippen molar-refractivity contribution in [3.8, 4) is 5.75 Å². The van der Waals surface area contributed by atoms with Crippen molar-refractivity contribution < 1.29 is 13.9 Å². The molecule has 2 amide bonds. The number of urea groups is 1. The van der Waals surface area contributed by atoms with Crippen molar-refractivity contribution in [3.05, 3.63) is 64.7 Å². The van der Waals surface area contributed by atoms with Crippen molar-refractivity contribution in [1.29, 1.82) is 0 Å². The Kier molecular flexibility index (Phi) is 6.76. The number of rotatable bonds is 5. The predicted molar refractivity (Wildman–Crippen MR) is 125 cm³/mol. The van der Waals surface area contributed by atoms with Gasteiger partial charge in [-0.25, -0.2) is 14.2 Å². The van der Waals surface area contributed by atoms with Crippen molar-refractivity contribution in [2.45, 2.75) is 19.4 Å². The fraction of sp³-hybridized carbons (Fsp3) is 0.318. The quantitative estimate of drug-likeness (QED) is 0.580. The second-order valence-electron chi connectivity index (χ2n) is 7.57. The molecule has 4 rings (SSSR count). The van der Waals surface area contributed by atoms with Crippen molar-refractivity contribution in [2.75, 3.05) is 37.0 Å². The fourth-order valence-corrected chi connectivity index (χ4v) is 4.51. The Labute approximate surface area is 194 Å². The lowest BCUT2D eigenvalue weighted by Gasteiger charge is -2.39. The molecule has 32 heavy (non-hydrogen) atoms. The number of benzene rings is 2. The first kappa shape index (κ1) is 22.3. The monoisotopic (exact) mass is 475 g/mol. The maximum absolute atomic E-state index is 13.3. The van der Waals surface area contributed by atoms with E-state index in [4.69, 9.17) is 21.3 Å². The molecular formula is C22H23ClFN5O2S. The minimum absolute atomic E-state index is 0.0262. The van der Waals surface area contributed by atoms with Crippen LogP contribution in [-0.2, 0) is 6.42 Å². The summed E-state index contributed by atoms with van der Waals surface area (Å²) in [5.74, 6) is 1.05. The molecule has 1 saturated heterocycles. The minimum Gasteiger partial charge on any atom is -0.497 e. The number of nitrogens with zero attached hydrogens (tertiary/aromatic N) is 4. The number of piperazine rings is 1. The maximum atomic E-state index is 13.3. The molecule has 1 atom stereocenters. The van der Waals surface area contributed by atoms with Crippen LogP contribution in [0.3, 0.4) is 0 Å². The third-order valence-electron chi connectivity index (χ3n) is 5.28. The number of carbonyl (C=O) groups excluding carboxylic acids is 1. The summed E-state index contributed by atoms with van der Waals surface area (Å²) in [6.07, 6.45) is 0.631. The van der Waals surface area contributed by atoms with Crippen molar-refractivity contribution in [3.63, 3.8) is 0 Å². The molecule has 0 spiro atoms. The van der Waals surface area contributed by atoms with Crippen LogP contribution in [0.4, 0.5) is 20.0 Å². The van der Waals surface area contributed by atoms with Crippen LogP contribution in [0.5, 0.6) is 5.75 Å². The first-order chi connectivity index (χ1) is 15.4.